The van der Waals surface area contributed by atoms with Crippen LogP contribution in [-0.4, -0.2) is 17.9 Å². The van der Waals surface area contributed by atoms with Gasteiger partial charge in [-0.1, -0.05) is 30.3 Å². The van der Waals surface area contributed by atoms with Crippen molar-refractivity contribution < 1.29 is 9.59 Å². The van der Waals surface area contributed by atoms with Gasteiger partial charge in [0.25, 0.3) is 0 Å². The van der Waals surface area contributed by atoms with E-state index in [4.69, 9.17) is 17.3 Å². The van der Waals surface area contributed by atoms with Crippen LogP contribution >= 0.6 is 11.6 Å². The van der Waals surface area contributed by atoms with E-state index in [0.717, 1.165) is 0 Å². The van der Waals surface area contributed by atoms with Crippen molar-refractivity contribution >= 4 is 23.4 Å². The van der Waals surface area contributed by atoms with Crippen LogP contribution in [0.4, 0.5) is 0 Å². The molecule has 86 valence electrons. The van der Waals surface area contributed by atoms with E-state index in [9.17, 15) is 9.59 Å². The summed E-state index contributed by atoms with van der Waals surface area (Å²) < 4.78 is 0. The molecule has 0 saturated heterocycles. The molecule has 0 spiro atoms. The lowest BCUT2D eigenvalue weighted by atomic mass is 10.1. The number of benzene rings is 1. The average molecular weight is 241 g/mol. The Bertz CT molecular complexity index is 381. The topological polar surface area (TPSA) is 72.2 Å². The lowest BCUT2D eigenvalue weighted by Gasteiger charge is -2.13. The lowest BCUT2D eigenvalue weighted by molar-refractivity contribution is -0.126. The van der Waals surface area contributed by atoms with Crippen molar-refractivity contribution in [3.8, 4) is 0 Å². The first kappa shape index (κ1) is 12.5. The van der Waals surface area contributed by atoms with E-state index in [1.807, 2.05) is 6.07 Å². The Balaban J connectivity index is 2.65. The second kappa shape index (κ2) is 5.51. The normalized spacial score (nSPS) is 13.9. The number of hydrogen-bond acceptors (Lipinski definition) is 2. The monoisotopic (exact) mass is 240 g/mol. The molecular weight excluding hydrogens is 228 g/mol. The molecule has 1 rings (SSSR count). The molecule has 16 heavy (non-hydrogen) atoms. The molecule has 4 nitrogen and oxygen atoms in total. The number of nitrogens with two attached hydrogens (primary N) is 1. The minimum atomic E-state index is -0.817. The van der Waals surface area contributed by atoms with Gasteiger partial charge in [0.15, 0.2) is 0 Å². The van der Waals surface area contributed by atoms with Crippen molar-refractivity contribution in [1.82, 2.24) is 5.32 Å². The Morgan fingerprint density at radius 3 is 2.38 bits per heavy atom. The third kappa shape index (κ3) is 3.24. The zero-order valence-corrected chi connectivity index (χ0v) is 9.57. The van der Waals surface area contributed by atoms with Gasteiger partial charge in [-0.3, -0.25) is 9.59 Å². The number of rotatable bonds is 4. The molecule has 0 aliphatic carbocycles. The van der Waals surface area contributed by atoms with Crippen molar-refractivity contribution in [2.45, 2.75) is 18.3 Å². The minimum Gasteiger partial charge on any atom is -0.368 e. The van der Waals surface area contributed by atoms with Gasteiger partial charge in [0, 0.05) is 0 Å². The molecule has 0 heterocycles. The fraction of sp³-hybridized carbons (Fsp3) is 0.273. The highest BCUT2D eigenvalue weighted by Gasteiger charge is 2.20. The predicted molar refractivity (Wildman–Crippen MR) is 61.8 cm³/mol. The quantitative estimate of drug-likeness (QED) is 0.770. The average Bonchev–Trinajstić information content (AvgIpc) is 2.28. The van der Waals surface area contributed by atoms with Gasteiger partial charge in [-0.25, -0.2) is 0 Å². The summed E-state index contributed by atoms with van der Waals surface area (Å²) in [6, 6.07) is 8.16. The van der Waals surface area contributed by atoms with Gasteiger partial charge in [-0.2, -0.15) is 0 Å². The van der Waals surface area contributed by atoms with E-state index in [1.165, 1.54) is 6.92 Å². The molecule has 0 aromatic heterocycles. The summed E-state index contributed by atoms with van der Waals surface area (Å²) in [5.74, 6) is -1.02. The van der Waals surface area contributed by atoms with E-state index in [-0.39, 0.29) is 0 Å². The van der Waals surface area contributed by atoms with Crippen molar-refractivity contribution in [2.75, 3.05) is 0 Å². The molecule has 0 radical (unpaired) electrons. The zero-order valence-electron chi connectivity index (χ0n) is 8.81. The SMILES string of the molecule is CC(NC(=O)C(Cl)c1ccccc1)C(N)=O. The van der Waals surface area contributed by atoms with Crippen molar-refractivity contribution in [3.63, 3.8) is 0 Å². The number of nitrogens with one attached hydrogen (secondary N) is 1. The lowest BCUT2D eigenvalue weighted by Crippen LogP contribution is -2.43. The summed E-state index contributed by atoms with van der Waals surface area (Å²) in [5.41, 5.74) is 5.71. The molecule has 0 aliphatic rings. The molecule has 5 heteroatoms. The predicted octanol–water partition coefficient (Wildman–Crippen LogP) is 0.956. The van der Waals surface area contributed by atoms with Crippen LogP contribution in [-0.2, 0) is 9.59 Å². The molecule has 2 atom stereocenters. The van der Waals surface area contributed by atoms with Crippen LogP contribution < -0.4 is 11.1 Å². The van der Waals surface area contributed by atoms with Crippen LogP contribution in [0.15, 0.2) is 30.3 Å². The van der Waals surface area contributed by atoms with Crippen molar-refractivity contribution in [1.29, 1.82) is 0 Å². The fourth-order valence-corrected chi connectivity index (χ4v) is 1.34. The molecule has 1 aromatic carbocycles. The minimum absolute atomic E-state index is 0.431. The van der Waals surface area contributed by atoms with Gasteiger partial charge < -0.3 is 11.1 Å². The van der Waals surface area contributed by atoms with Crippen LogP contribution in [0.1, 0.15) is 17.9 Å². The Morgan fingerprint density at radius 2 is 1.88 bits per heavy atom. The van der Waals surface area contributed by atoms with Crippen LogP contribution in [0.3, 0.4) is 0 Å². The first-order chi connectivity index (χ1) is 7.52. The Kier molecular flexibility index (Phi) is 4.31. The van der Waals surface area contributed by atoms with E-state index in [2.05, 4.69) is 5.32 Å². The van der Waals surface area contributed by atoms with E-state index >= 15 is 0 Å². The highest BCUT2D eigenvalue weighted by atomic mass is 35.5. The molecule has 1 aromatic rings. The van der Waals surface area contributed by atoms with E-state index in [1.54, 1.807) is 24.3 Å². The number of alkyl halides is 1. The molecule has 2 unspecified atom stereocenters. The zero-order chi connectivity index (χ0) is 12.1. The summed E-state index contributed by atoms with van der Waals surface area (Å²) in [5, 5.41) is 1.62. The molecule has 0 fully saturated rings. The fourth-order valence-electron chi connectivity index (χ4n) is 1.13. The highest BCUT2D eigenvalue weighted by molar-refractivity contribution is 6.30. The summed E-state index contributed by atoms with van der Waals surface area (Å²) in [6.07, 6.45) is 0. The molecule has 0 aliphatic heterocycles. The maximum absolute atomic E-state index is 11.6. The van der Waals surface area contributed by atoms with Crippen molar-refractivity contribution in [3.05, 3.63) is 35.9 Å². The summed E-state index contributed by atoms with van der Waals surface area (Å²) in [4.78, 5) is 22.4. The third-order valence-corrected chi connectivity index (χ3v) is 2.56. The molecule has 3 N–H and O–H groups in total. The Labute approximate surface area is 98.8 Å². The van der Waals surface area contributed by atoms with Crippen LogP contribution in [0.5, 0.6) is 0 Å². The van der Waals surface area contributed by atoms with Gasteiger partial charge in [-0.05, 0) is 12.5 Å². The highest BCUT2D eigenvalue weighted by Crippen LogP contribution is 2.19. The summed E-state index contributed by atoms with van der Waals surface area (Å²) >= 11 is 5.94. The number of amides is 2. The van der Waals surface area contributed by atoms with Crippen LogP contribution in [0.25, 0.3) is 0 Å². The second-order valence-electron chi connectivity index (χ2n) is 3.41. The van der Waals surface area contributed by atoms with Crippen molar-refractivity contribution in [2.24, 2.45) is 5.73 Å². The van der Waals surface area contributed by atoms with E-state index in [0.29, 0.717) is 5.56 Å². The maximum Gasteiger partial charge on any atom is 0.243 e. The second-order valence-corrected chi connectivity index (χ2v) is 3.84. The number of carbonyl (C=O) groups excluding carboxylic acids is 2. The molecule has 0 bridgehead atoms. The third-order valence-electron chi connectivity index (χ3n) is 2.11. The largest absolute Gasteiger partial charge is 0.368 e. The van der Waals surface area contributed by atoms with Crippen LogP contribution in [0, 0.1) is 0 Å². The molecular formula is C11H13ClN2O2. The summed E-state index contributed by atoms with van der Waals surface area (Å²) in [7, 11) is 0. The Morgan fingerprint density at radius 1 is 1.31 bits per heavy atom. The standard InChI is InChI=1S/C11H13ClN2O2/c1-7(10(13)15)14-11(16)9(12)8-5-3-2-4-6-8/h2-7,9H,1H3,(H2,13,15)(H,14,16). The van der Waals surface area contributed by atoms with E-state index < -0.39 is 23.2 Å². The number of primary amides is 1. The van der Waals surface area contributed by atoms with Gasteiger partial charge in [-0.15, -0.1) is 11.6 Å². The maximum atomic E-state index is 11.6. The molecule has 0 saturated carbocycles. The summed E-state index contributed by atoms with van der Waals surface area (Å²) in [6.45, 7) is 1.51. The van der Waals surface area contributed by atoms with Gasteiger partial charge in [0.05, 0.1) is 0 Å². The van der Waals surface area contributed by atoms with Gasteiger partial charge >= 0.3 is 0 Å². The van der Waals surface area contributed by atoms with Gasteiger partial charge in [0.2, 0.25) is 11.8 Å². The van der Waals surface area contributed by atoms with Gasteiger partial charge in [0.1, 0.15) is 11.4 Å². The first-order valence-corrected chi connectivity index (χ1v) is 5.24. The molecule has 2 amide bonds. The Hall–Kier alpha value is -1.55. The van der Waals surface area contributed by atoms with Crippen LogP contribution in [0.2, 0.25) is 0 Å². The first-order valence-electron chi connectivity index (χ1n) is 4.81. The smallest absolute Gasteiger partial charge is 0.243 e. The number of halogens is 1. The number of carbonyl (C=O) groups is 2. The number of hydrogen-bond donors (Lipinski definition) is 2.